The quantitative estimate of drug-likeness (QED) is 0.859. The van der Waals surface area contributed by atoms with E-state index in [0.717, 1.165) is 11.1 Å². The lowest BCUT2D eigenvalue weighted by molar-refractivity contribution is -0.135. The molecule has 1 aromatic carbocycles. The first-order chi connectivity index (χ1) is 7.78. The predicted molar refractivity (Wildman–Crippen MR) is 63.0 cm³/mol. The highest BCUT2D eigenvalue weighted by atomic mass is 35.5. The molecule has 1 atom stereocenters. The Hall–Kier alpha value is -0.740. The minimum Gasteiger partial charge on any atom is -0.324 e. The van der Waals surface area contributed by atoms with Crippen LogP contribution in [-0.4, -0.2) is 6.18 Å². The van der Waals surface area contributed by atoms with Gasteiger partial charge in [0.05, 0.1) is 0 Å². The van der Waals surface area contributed by atoms with Crippen LogP contribution in [0.15, 0.2) is 18.2 Å². The summed E-state index contributed by atoms with van der Waals surface area (Å²) in [6, 6.07) is 4.94. The summed E-state index contributed by atoms with van der Waals surface area (Å²) in [6.45, 7) is 1.87. The first-order valence-corrected chi connectivity index (χ1v) is 5.75. The van der Waals surface area contributed by atoms with E-state index in [4.69, 9.17) is 17.3 Å². The van der Waals surface area contributed by atoms with Gasteiger partial charge in [-0.25, -0.2) is 0 Å². The molecule has 1 rings (SSSR count). The largest absolute Gasteiger partial charge is 0.389 e. The number of benzene rings is 1. The average Bonchev–Trinajstić information content (AvgIpc) is 2.13. The molecule has 96 valence electrons. The zero-order chi connectivity index (χ0) is 13.1. The van der Waals surface area contributed by atoms with E-state index in [1.54, 1.807) is 12.1 Å². The number of hydrogen-bond acceptors (Lipinski definition) is 1. The Morgan fingerprint density at radius 1 is 1.29 bits per heavy atom. The molecule has 0 radical (unpaired) electrons. The molecule has 2 N–H and O–H groups in total. The standard InChI is InChI=1S/C12H15ClF3N/c1-8-5-9(7-10(13)6-8)11(17)3-2-4-12(14,15)16/h5-7,11H,2-4,17H2,1H3. The number of halogens is 4. The van der Waals surface area contributed by atoms with Crippen molar-refractivity contribution >= 4 is 11.6 Å². The van der Waals surface area contributed by atoms with Crippen LogP contribution < -0.4 is 5.73 Å². The van der Waals surface area contributed by atoms with E-state index in [1.807, 2.05) is 13.0 Å². The van der Waals surface area contributed by atoms with Crippen molar-refractivity contribution in [1.82, 2.24) is 0 Å². The summed E-state index contributed by atoms with van der Waals surface area (Å²) in [5.41, 5.74) is 7.58. The van der Waals surface area contributed by atoms with Gasteiger partial charge >= 0.3 is 6.18 Å². The molecule has 0 spiro atoms. The zero-order valence-electron chi connectivity index (χ0n) is 9.52. The van der Waals surface area contributed by atoms with Crippen LogP contribution in [0, 0.1) is 6.92 Å². The predicted octanol–water partition coefficient (Wildman–Crippen LogP) is 4.38. The zero-order valence-corrected chi connectivity index (χ0v) is 10.3. The van der Waals surface area contributed by atoms with E-state index in [-0.39, 0.29) is 6.42 Å². The van der Waals surface area contributed by atoms with E-state index in [2.05, 4.69) is 0 Å². The number of rotatable bonds is 4. The van der Waals surface area contributed by atoms with Crippen LogP contribution in [0.4, 0.5) is 13.2 Å². The molecule has 1 aromatic rings. The van der Waals surface area contributed by atoms with E-state index in [1.165, 1.54) is 0 Å². The maximum Gasteiger partial charge on any atom is 0.389 e. The molecule has 1 nitrogen and oxygen atoms in total. The summed E-state index contributed by atoms with van der Waals surface area (Å²) < 4.78 is 35.9. The molecule has 0 saturated carbocycles. The lowest BCUT2D eigenvalue weighted by atomic mass is 10.0. The lowest BCUT2D eigenvalue weighted by Crippen LogP contribution is -2.13. The number of nitrogens with two attached hydrogens (primary N) is 1. The van der Waals surface area contributed by atoms with Crippen molar-refractivity contribution in [3.63, 3.8) is 0 Å². The van der Waals surface area contributed by atoms with E-state index in [9.17, 15) is 13.2 Å². The van der Waals surface area contributed by atoms with Crippen molar-refractivity contribution in [1.29, 1.82) is 0 Å². The second kappa shape index (κ2) is 5.74. The first-order valence-electron chi connectivity index (χ1n) is 5.37. The average molecular weight is 266 g/mol. The molecule has 0 saturated heterocycles. The van der Waals surface area contributed by atoms with Crippen LogP contribution in [-0.2, 0) is 0 Å². The Bertz CT molecular complexity index is 356. The third kappa shape index (κ3) is 5.41. The third-order valence-electron chi connectivity index (χ3n) is 2.47. The normalized spacial score (nSPS) is 13.8. The molecule has 0 fully saturated rings. The van der Waals surface area contributed by atoms with E-state index >= 15 is 0 Å². The summed E-state index contributed by atoms with van der Waals surface area (Å²) in [5.74, 6) is 0. The third-order valence-corrected chi connectivity index (χ3v) is 2.69. The molecule has 0 heterocycles. The number of hydrogen-bond donors (Lipinski definition) is 1. The van der Waals surface area contributed by atoms with Gasteiger partial charge in [-0.3, -0.25) is 0 Å². The molecule has 0 bridgehead atoms. The molecular weight excluding hydrogens is 251 g/mol. The van der Waals surface area contributed by atoms with Crippen LogP contribution in [0.1, 0.15) is 36.4 Å². The molecule has 5 heteroatoms. The van der Waals surface area contributed by atoms with Gasteiger partial charge in [0.2, 0.25) is 0 Å². The van der Waals surface area contributed by atoms with Crippen LogP contribution in [0.5, 0.6) is 0 Å². The van der Waals surface area contributed by atoms with Gasteiger partial charge in [0.15, 0.2) is 0 Å². The summed E-state index contributed by atoms with van der Waals surface area (Å²) in [6.07, 6.45) is -4.56. The highest BCUT2D eigenvalue weighted by molar-refractivity contribution is 6.30. The Balaban J connectivity index is 2.55. The van der Waals surface area contributed by atoms with Crippen LogP contribution in [0.25, 0.3) is 0 Å². The Morgan fingerprint density at radius 3 is 2.47 bits per heavy atom. The van der Waals surface area contributed by atoms with Gasteiger partial charge in [0.25, 0.3) is 0 Å². The molecule has 0 amide bonds. The first kappa shape index (κ1) is 14.3. The van der Waals surface area contributed by atoms with Gasteiger partial charge in [0, 0.05) is 17.5 Å². The molecule has 0 aliphatic rings. The van der Waals surface area contributed by atoms with Gasteiger partial charge < -0.3 is 5.73 Å². The van der Waals surface area contributed by atoms with Crippen molar-refractivity contribution in [2.24, 2.45) is 5.73 Å². The van der Waals surface area contributed by atoms with Gasteiger partial charge in [-0.15, -0.1) is 0 Å². The van der Waals surface area contributed by atoms with Gasteiger partial charge in [-0.05, 0) is 43.0 Å². The number of aryl methyl sites for hydroxylation is 1. The number of alkyl halides is 3. The summed E-state index contributed by atoms with van der Waals surface area (Å²) in [5, 5.41) is 0.561. The molecular formula is C12H15ClF3N. The fourth-order valence-corrected chi connectivity index (χ4v) is 1.97. The maximum absolute atomic E-state index is 12.0. The Labute approximate surface area is 104 Å². The van der Waals surface area contributed by atoms with Crippen molar-refractivity contribution in [3.05, 3.63) is 34.3 Å². The van der Waals surface area contributed by atoms with Crippen molar-refractivity contribution in [3.8, 4) is 0 Å². The SMILES string of the molecule is Cc1cc(Cl)cc(C(N)CCCC(F)(F)F)c1. The molecule has 1 unspecified atom stereocenters. The van der Waals surface area contributed by atoms with Crippen LogP contribution in [0.3, 0.4) is 0 Å². The summed E-state index contributed by atoms with van der Waals surface area (Å²) in [7, 11) is 0. The molecule has 17 heavy (non-hydrogen) atoms. The topological polar surface area (TPSA) is 26.0 Å². The van der Waals surface area contributed by atoms with Crippen molar-refractivity contribution < 1.29 is 13.2 Å². The fraction of sp³-hybridized carbons (Fsp3) is 0.500. The van der Waals surface area contributed by atoms with Crippen molar-refractivity contribution in [2.45, 2.75) is 38.4 Å². The highest BCUT2D eigenvalue weighted by Crippen LogP contribution is 2.26. The van der Waals surface area contributed by atoms with Gasteiger partial charge in [-0.1, -0.05) is 17.7 Å². The highest BCUT2D eigenvalue weighted by Gasteiger charge is 2.26. The smallest absolute Gasteiger partial charge is 0.324 e. The Morgan fingerprint density at radius 2 is 1.94 bits per heavy atom. The molecule has 0 aromatic heterocycles. The van der Waals surface area contributed by atoms with Crippen LogP contribution >= 0.6 is 11.6 Å². The Kier molecular flexibility index (Phi) is 4.83. The van der Waals surface area contributed by atoms with Crippen LogP contribution in [0.2, 0.25) is 5.02 Å². The maximum atomic E-state index is 12.0. The van der Waals surface area contributed by atoms with Gasteiger partial charge in [0.1, 0.15) is 0 Å². The fourth-order valence-electron chi connectivity index (χ4n) is 1.67. The second-order valence-corrected chi connectivity index (χ2v) is 4.61. The molecule has 0 aliphatic heterocycles. The minimum absolute atomic E-state index is 0.0379. The summed E-state index contributed by atoms with van der Waals surface area (Å²) >= 11 is 5.87. The lowest BCUT2D eigenvalue weighted by Gasteiger charge is -2.14. The van der Waals surface area contributed by atoms with Crippen molar-refractivity contribution in [2.75, 3.05) is 0 Å². The summed E-state index contributed by atoms with van der Waals surface area (Å²) in [4.78, 5) is 0. The molecule has 0 aliphatic carbocycles. The van der Waals surface area contributed by atoms with E-state index < -0.39 is 18.6 Å². The van der Waals surface area contributed by atoms with E-state index in [0.29, 0.717) is 11.4 Å². The van der Waals surface area contributed by atoms with Gasteiger partial charge in [-0.2, -0.15) is 13.2 Å². The monoisotopic (exact) mass is 265 g/mol. The minimum atomic E-state index is -4.11. The second-order valence-electron chi connectivity index (χ2n) is 4.18.